The van der Waals surface area contributed by atoms with Crippen LogP contribution in [0.4, 0.5) is 10.8 Å². The van der Waals surface area contributed by atoms with E-state index in [0.29, 0.717) is 6.04 Å². The second-order valence-corrected chi connectivity index (χ2v) is 8.53. The lowest BCUT2D eigenvalue weighted by atomic mass is 10.3. The van der Waals surface area contributed by atoms with Crippen LogP contribution in [0.5, 0.6) is 0 Å². The number of carbonyl (C=O) groups excluding carboxylic acids is 1. The van der Waals surface area contributed by atoms with Gasteiger partial charge in [-0.15, -0.1) is 10.2 Å². The Kier molecular flexibility index (Phi) is 5.00. The maximum Gasteiger partial charge on any atom is 0.233 e. The van der Waals surface area contributed by atoms with Gasteiger partial charge in [0.05, 0.1) is 5.25 Å². The van der Waals surface area contributed by atoms with E-state index in [-0.39, 0.29) is 11.2 Å². The van der Waals surface area contributed by atoms with Crippen LogP contribution in [0.1, 0.15) is 19.8 Å². The van der Waals surface area contributed by atoms with E-state index >= 15 is 0 Å². The summed E-state index contributed by atoms with van der Waals surface area (Å²) in [6, 6.07) is 8.24. The summed E-state index contributed by atoms with van der Waals surface area (Å²) in [6.07, 6.45) is 2.20. The first-order valence-electron chi connectivity index (χ1n) is 6.93. The molecule has 1 heterocycles. The highest BCUT2D eigenvalue weighted by Crippen LogP contribution is 2.31. The topological polar surface area (TPSA) is 66.9 Å². The third-order valence-electron chi connectivity index (χ3n) is 3.05. The van der Waals surface area contributed by atoms with Crippen molar-refractivity contribution in [3.05, 3.63) is 28.7 Å². The Hall–Kier alpha value is -1.12. The number of nitrogens with one attached hydrogen (secondary N) is 2. The predicted molar refractivity (Wildman–Crippen MR) is 93.8 cm³/mol. The van der Waals surface area contributed by atoms with Crippen LogP contribution < -0.4 is 10.6 Å². The molecule has 22 heavy (non-hydrogen) atoms. The summed E-state index contributed by atoms with van der Waals surface area (Å²) in [5.41, 5.74) is 0.946. The van der Waals surface area contributed by atoms with Crippen molar-refractivity contribution in [2.45, 2.75) is 35.4 Å². The fourth-order valence-electron chi connectivity index (χ4n) is 1.75. The molecule has 116 valence electrons. The first-order chi connectivity index (χ1) is 10.6. The molecule has 1 aromatic heterocycles. The van der Waals surface area contributed by atoms with Crippen molar-refractivity contribution in [3.8, 4) is 0 Å². The molecule has 2 aromatic rings. The molecule has 2 N–H and O–H groups in total. The van der Waals surface area contributed by atoms with E-state index in [1.54, 1.807) is 0 Å². The first-order valence-corrected chi connectivity index (χ1v) is 9.42. The summed E-state index contributed by atoms with van der Waals surface area (Å²) >= 11 is 6.32. The van der Waals surface area contributed by atoms with E-state index in [4.69, 9.17) is 0 Å². The molecule has 5 nitrogen and oxygen atoms in total. The molecule has 3 rings (SSSR count). The summed E-state index contributed by atoms with van der Waals surface area (Å²) < 4.78 is 1.79. The van der Waals surface area contributed by atoms with Gasteiger partial charge in [-0.25, -0.2) is 0 Å². The molecule has 0 bridgehead atoms. The minimum Gasteiger partial charge on any atom is -0.352 e. The molecule has 1 aliphatic carbocycles. The SMILES string of the molecule is CC(Sc1nnc(Nc2cccc(Br)c2)s1)C(=O)NC1CC1. The number of aromatic nitrogens is 2. The zero-order valence-corrected chi connectivity index (χ0v) is 15.1. The molecule has 0 radical (unpaired) electrons. The summed E-state index contributed by atoms with van der Waals surface area (Å²) in [7, 11) is 0. The molecule has 1 unspecified atom stereocenters. The fourth-order valence-corrected chi connectivity index (χ4v) is 4.07. The Balaban J connectivity index is 1.57. The second-order valence-electron chi connectivity index (χ2n) is 5.05. The van der Waals surface area contributed by atoms with Crippen molar-refractivity contribution < 1.29 is 4.79 Å². The molecule has 0 spiro atoms. The van der Waals surface area contributed by atoms with Crippen LogP contribution in [0, 0.1) is 0 Å². The normalized spacial score (nSPS) is 15.4. The number of hydrogen-bond donors (Lipinski definition) is 2. The molecule has 1 atom stereocenters. The number of carbonyl (C=O) groups is 1. The summed E-state index contributed by atoms with van der Waals surface area (Å²) in [4.78, 5) is 11.9. The van der Waals surface area contributed by atoms with Crippen LogP contribution in [0.3, 0.4) is 0 Å². The molecule has 1 aliphatic rings. The molecular formula is C14H15BrN4OS2. The molecule has 1 amide bonds. The number of halogens is 1. The average Bonchev–Trinajstić information content (AvgIpc) is 3.18. The lowest BCUT2D eigenvalue weighted by Crippen LogP contribution is -2.32. The van der Waals surface area contributed by atoms with Gasteiger partial charge in [-0.2, -0.15) is 0 Å². The van der Waals surface area contributed by atoms with Crippen molar-refractivity contribution >= 4 is 55.8 Å². The van der Waals surface area contributed by atoms with Gasteiger partial charge < -0.3 is 10.6 Å². The number of thioether (sulfide) groups is 1. The quantitative estimate of drug-likeness (QED) is 0.724. The largest absolute Gasteiger partial charge is 0.352 e. The number of amides is 1. The van der Waals surface area contributed by atoms with Gasteiger partial charge in [0.1, 0.15) is 0 Å². The smallest absolute Gasteiger partial charge is 0.233 e. The number of anilines is 2. The minimum atomic E-state index is -0.160. The Bertz CT molecular complexity index is 674. The van der Waals surface area contributed by atoms with Crippen molar-refractivity contribution in [1.82, 2.24) is 15.5 Å². The molecule has 0 aliphatic heterocycles. The monoisotopic (exact) mass is 398 g/mol. The summed E-state index contributed by atoms with van der Waals surface area (Å²) in [5.74, 6) is 0.0733. The average molecular weight is 399 g/mol. The Morgan fingerprint density at radius 1 is 1.45 bits per heavy atom. The molecule has 1 fully saturated rings. The highest BCUT2D eigenvalue weighted by Gasteiger charge is 2.26. The minimum absolute atomic E-state index is 0.0733. The first kappa shape index (κ1) is 15.8. The van der Waals surface area contributed by atoms with Crippen LogP contribution >= 0.6 is 39.0 Å². The fraction of sp³-hybridized carbons (Fsp3) is 0.357. The maximum absolute atomic E-state index is 11.9. The van der Waals surface area contributed by atoms with Crippen molar-refractivity contribution in [2.75, 3.05) is 5.32 Å². The number of nitrogens with zero attached hydrogens (tertiary/aromatic N) is 2. The number of hydrogen-bond acceptors (Lipinski definition) is 6. The highest BCUT2D eigenvalue weighted by atomic mass is 79.9. The molecule has 1 saturated carbocycles. The molecular weight excluding hydrogens is 384 g/mol. The van der Waals surface area contributed by atoms with Gasteiger partial charge in [-0.1, -0.05) is 45.1 Å². The van der Waals surface area contributed by atoms with Crippen LogP contribution in [0.15, 0.2) is 33.1 Å². The summed E-state index contributed by atoms with van der Waals surface area (Å²) in [6.45, 7) is 1.89. The second kappa shape index (κ2) is 6.97. The van der Waals surface area contributed by atoms with Crippen molar-refractivity contribution in [3.63, 3.8) is 0 Å². The van der Waals surface area contributed by atoms with Gasteiger partial charge >= 0.3 is 0 Å². The Morgan fingerprint density at radius 2 is 2.27 bits per heavy atom. The van der Waals surface area contributed by atoms with E-state index in [1.807, 2.05) is 31.2 Å². The van der Waals surface area contributed by atoms with E-state index in [2.05, 4.69) is 36.8 Å². The summed E-state index contributed by atoms with van der Waals surface area (Å²) in [5, 5.41) is 15.0. The van der Waals surface area contributed by atoms with Gasteiger partial charge in [0.25, 0.3) is 0 Å². The highest BCUT2D eigenvalue weighted by molar-refractivity contribution is 9.10. The zero-order valence-electron chi connectivity index (χ0n) is 11.9. The number of benzene rings is 1. The van der Waals surface area contributed by atoms with Crippen LogP contribution in [0.2, 0.25) is 0 Å². The lowest BCUT2D eigenvalue weighted by molar-refractivity contribution is -0.120. The third-order valence-corrected chi connectivity index (χ3v) is 5.57. The van der Waals surface area contributed by atoms with Gasteiger partial charge in [-0.3, -0.25) is 4.79 Å². The standard InChI is InChI=1S/C14H15BrN4OS2/c1-8(12(20)16-10-5-6-10)21-14-19-18-13(22-14)17-11-4-2-3-9(15)7-11/h2-4,7-8,10H,5-6H2,1H3,(H,16,20)(H,17,18). The van der Waals surface area contributed by atoms with Gasteiger partial charge in [-0.05, 0) is 38.0 Å². The van der Waals surface area contributed by atoms with Crippen molar-refractivity contribution in [2.24, 2.45) is 0 Å². The molecule has 8 heteroatoms. The van der Waals surface area contributed by atoms with Crippen LogP contribution in [0.25, 0.3) is 0 Å². The van der Waals surface area contributed by atoms with E-state index in [0.717, 1.165) is 32.5 Å². The maximum atomic E-state index is 11.9. The van der Waals surface area contributed by atoms with Gasteiger partial charge in [0.15, 0.2) is 4.34 Å². The zero-order chi connectivity index (χ0) is 15.5. The number of rotatable bonds is 6. The molecule has 0 saturated heterocycles. The van der Waals surface area contributed by atoms with Crippen molar-refractivity contribution in [1.29, 1.82) is 0 Å². The van der Waals surface area contributed by atoms with E-state index in [9.17, 15) is 4.79 Å². The van der Waals surface area contributed by atoms with Gasteiger partial charge in [0.2, 0.25) is 11.0 Å². The van der Waals surface area contributed by atoms with E-state index < -0.39 is 0 Å². The Labute approximate surface area is 145 Å². The van der Waals surface area contributed by atoms with Crippen LogP contribution in [-0.4, -0.2) is 27.4 Å². The predicted octanol–water partition coefficient (Wildman–Crippen LogP) is 3.80. The van der Waals surface area contributed by atoms with Crippen LogP contribution in [-0.2, 0) is 4.79 Å². The molecule has 1 aromatic carbocycles. The third kappa shape index (κ3) is 4.44. The lowest BCUT2D eigenvalue weighted by Gasteiger charge is -2.08. The van der Waals surface area contributed by atoms with E-state index in [1.165, 1.54) is 23.1 Å². The Morgan fingerprint density at radius 3 is 3.00 bits per heavy atom. The van der Waals surface area contributed by atoms with Gasteiger partial charge in [0, 0.05) is 16.2 Å².